The van der Waals surface area contributed by atoms with Gasteiger partial charge < -0.3 is 20.1 Å². The molecule has 2 atom stereocenters. The van der Waals surface area contributed by atoms with Crippen LogP contribution in [0.5, 0.6) is 5.75 Å². The van der Waals surface area contributed by atoms with Crippen molar-refractivity contribution in [1.29, 1.82) is 0 Å². The second-order valence-corrected chi connectivity index (χ2v) is 4.68. The lowest BCUT2D eigenvalue weighted by molar-refractivity contribution is -0.123. The molecule has 0 bridgehead atoms. The molecule has 1 fully saturated rings. The number of hydrogen-bond acceptors (Lipinski definition) is 4. The van der Waals surface area contributed by atoms with Crippen molar-refractivity contribution in [3.05, 3.63) is 23.8 Å². The van der Waals surface area contributed by atoms with E-state index in [1.54, 1.807) is 7.11 Å². The molecule has 1 amide bonds. The Bertz CT molecular complexity index is 468. The lowest BCUT2D eigenvalue weighted by atomic mass is 10.1. The summed E-state index contributed by atoms with van der Waals surface area (Å²) in [6, 6.07) is 5.26. The van der Waals surface area contributed by atoms with Gasteiger partial charge in [0.15, 0.2) is 0 Å². The molecule has 0 unspecified atom stereocenters. The van der Waals surface area contributed by atoms with Crippen LogP contribution in [0.4, 0.5) is 5.69 Å². The molecule has 112 valence electrons. The molecule has 1 aromatic carbocycles. The van der Waals surface area contributed by atoms with Gasteiger partial charge in [-0.15, -0.1) is 12.4 Å². The highest BCUT2D eigenvalue weighted by molar-refractivity contribution is 5.96. The number of aryl methyl sites for hydroxylation is 1. The van der Waals surface area contributed by atoms with Crippen LogP contribution in [-0.4, -0.2) is 38.3 Å². The molecule has 0 aromatic heterocycles. The van der Waals surface area contributed by atoms with Crippen LogP contribution in [0.1, 0.15) is 12.5 Å². The normalized spacial score (nSPS) is 21.8. The molecule has 5 nitrogen and oxygen atoms in total. The Hall–Kier alpha value is -1.30. The fraction of sp³-hybridized carbons (Fsp3) is 0.500. The van der Waals surface area contributed by atoms with Gasteiger partial charge in [0, 0.05) is 12.2 Å². The van der Waals surface area contributed by atoms with Crippen molar-refractivity contribution in [3.63, 3.8) is 0 Å². The SMILES string of the molecule is COc1ccc(NC(=O)[C@H]2NCCO[C@@H]2C)c(C)c1.Cl. The maximum Gasteiger partial charge on any atom is 0.244 e. The summed E-state index contributed by atoms with van der Waals surface area (Å²) in [5.74, 6) is 0.712. The fourth-order valence-corrected chi connectivity index (χ4v) is 2.14. The second kappa shape index (κ2) is 7.47. The highest BCUT2D eigenvalue weighted by Gasteiger charge is 2.28. The van der Waals surface area contributed by atoms with Gasteiger partial charge in [0.05, 0.1) is 19.8 Å². The lowest BCUT2D eigenvalue weighted by Crippen LogP contribution is -2.53. The van der Waals surface area contributed by atoms with Crippen LogP contribution in [0.2, 0.25) is 0 Å². The van der Waals surface area contributed by atoms with E-state index in [0.717, 1.165) is 17.0 Å². The Kier molecular flexibility index (Phi) is 6.26. The summed E-state index contributed by atoms with van der Waals surface area (Å²) in [6.45, 7) is 5.18. The van der Waals surface area contributed by atoms with Crippen molar-refractivity contribution >= 4 is 24.0 Å². The summed E-state index contributed by atoms with van der Waals surface area (Å²) in [4.78, 5) is 12.2. The van der Waals surface area contributed by atoms with Gasteiger partial charge in [-0.3, -0.25) is 4.79 Å². The maximum absolute atomic E-state index is 12.2. The Morgan fingerprint density at radius 1 is 1.50 bits per heavy atom. The standard InChI is InChI=1S/C14H20N2O3.ClH/c1-9-8-11(18-3)4-5-12(9)16-14(17)13-10(2)19-7-6-15-13;/h4-5,8,10,13,15H,6-7H2,1-3H3,(H,16,17);1H/t10-,13+;/m1./s1. The van der Waals surface area contributed by atoms with Gasteiger partial charge in [-0.2, -0.15) is 0 Å². The van der Waals surface area contributed by atoms with E-state index in [9.17, 15) is 4.79 Å². The summed E-state index contributed by atoms with van der Waals surface area (Å²) in [6.07, 6.45) is -0.118. The van der Waals surface area contributed by atoms with E-state index in [4.69, 9.17) is 9.47 Å². The summed E-state index contributed by atoms with van der Waals surface area (Å²) >= 11 is 0. The minimum absolute atomic E-state index is 0. The van der Waals surface area contributed by atoms with Gasteiger partial charge in [-0.25, -0.2) is 0 Å². The van der Waals surface area contributed by atoms with Gasteiger partial charge >= 0.3 is 0 Å². The summed E-state index contributed by atoms with van der Waals surface area (Å²) in [5, 5.41) is 6.09. The number of morpholine rings is 1. The van der Waals surface area contributed by atoms with Gasteiger partial charge in [0.1, 0.15) is 11.8 Å². The number of benzene rings is 1. The monoisotopic (exact) mass is 300 g/mol. The van der Waals surface area contributed by atoms with E-state index in [1.165, 1.54) is 0 Å². The Balaban J connectivity index is 0.00000200. The van der Waals surface area contributed by atoms with Crippen LogP contribution in [0.25, 0.3) is 0 Å². The van der Waals surface area contributed by atoms with Crippen LogP contribution in [-0.2, 0) is 9.53 Å². The molecule has 1 aliphatic heterocycles. The fourth-order valence-electron chi connectivity index (χ4n) is 2.14. The van der Waals surface area contributed by atoms with Crippen molar-refractivity contribution < 1.29 is 14.3 Å². The highest BCUT2D eigenvalue weighted by atomic mass is 35.5. The molecule has 0 saturated carbocycles. The molecule has 1 heterocycles. The van der Waals surface area contributed by atoms with E-state index in [-0.39, 0.29) is 30.5 Å². The number of anilines is 1. The average Bonchev–Trinajstić information content (AvgIpc) is 2.41. The Morgan fingerprint density at radius 2 is 2.25 bits per heavy atom. The molecular formula is C14H21ClN2O3. The molecular weight excluding hydrogens is 280 g/mol. The largest absolute Gasteiger partial charge is 0.497 e. The quantitative estimate of drug-likeness (QED) is 0.893. The third kappa shape index (κ3) is 3.85. The van der Waals surface area contributed by atoms with Crippen LogP contribution < -0.4 is 15.4 Å². The van der Waals surface area contributed by atoms with E-state index in [2.05, 4.69) is 10.6 Å². The zero-order chi connectivity index (χ0) is 13.8. The van der Waals surface area contributed by atoms with Gasteiger partial charge in [-0.05, 0) is 37.6 Å². The first-order valence-corrected chi connectivity index (χ1v) is 6.42. The van der Waals surface area contributed by atoms with E-state index < -0.39 is 0 Å². The number of carbonyl (C=O) groups is 1. The summed E-state index contributed by atoms with van der Waals surface area (Å²) in [7, 11) is 1.62. The second-order valence-electron chi connectivity index (χ2n) is 4.68. The number of ether oxygens (including phenoxy) is 2. The molecule has 0 radical (unpaired) electrons. The van der Waals surface area contributed by atoms with E-state index in [1.807, 2.05) is 32.0 Å². The van der Waals surface area contributed by atoms with E-state index >= 15 is 0 Å². The molecule has 1 saturated heterocycles. The lowest BCUT2D eigenvalue weighted by Gasteiger charge is -2.29. The number of nitrogens with one attached hydrogen (secondary N) is 2. The topological polar surface area (TPSA) is 59.6 Å². The molecule has 6 heteroatoms. The zero-order valence-electron chi connectivity index (χ0n) is 11.9. The van der Waals surface area contributed by atoms with Crippen LogP contribution >= 0.6 is 12.4 Å². The van der Waals surface area contributed by atoms with Crippen molar-refractivity contribution in [2.45, 2.75) is 26.0 Å². The van der Waals surface area contributed by atoms with Gasteiger partial charge in [-0.1, -0.05) is 0 Å². The molecule has 20 heavy (non-hydrogen) atoms. The highest BCUT2D eigenvalue weighted by Crippen LogP contribution is 2.21. The predicted octanol–water partition coefficient (Wildman–Crippen LogP) is 1.74. The molecule has 0 spiro atoms. The minimum atomic E-state index is -0.310. The van der Waals surface area contributed by atoms with Crippen molar-refractivity contribution in [2.75, 3.05) is 25.6 Å². The third-order valence-electron chi connectivity index (χ3n) is 3.29. The summed E-state index contributed by atoms with van der Waals surface area (Å²) < 4.78 is 10.6. The minimum Gasteiger partial charge on any atom is -0.497 e. The van der Waals surface area contributed by atoms with Crippen LogP contribution in [0, 0.1) is 6.92 Å². The molecule has 0 aliphatic carbocycles. The molecule has 1 aromatic rings. The van der Waals surface area contributed by atoms with Crippen molar-refractivity contribution in [3.8, 4) is 5.75 Å². The Labute approximate surface area is 125 Å². The maximum atomic E-state index is 12.2. The number of rotatable bonds is 3. The van der Waals surface area contributed by atoms with Crippen LogP contribution in [0.3, 0.4) is 0 Å². The molecule has 2 rings (SSSR count). The van der Waals surface area contributed by atoms with Crippen molar-refractivity contribution in [2.24, 2.45) is 0 Å². The predicted molar refractivity (Wildman–Crippen MR) is 80.8 cm³/mol. The third-order valence-corrected chi connectivity index (χ3v) is 3.29. The van der Waals surface area contributed by atoms with Crippen molar-refractivity contribution in [1.82, 2.24) is 5.32 Å². The van der Waals surface area contributed by atoms with Gasteiger partial charge in [0.25, 0.3) is 0 Å². The number of carbonyl (C=O) groups excluding carboxylic acids is 1. The molecule has 2 N–H and O–H groups in total. The smallest absolute Gasteiger partial charge is 0.244 e. The number of amides is 1. The summed E-state index contributed by atoms with van der Waals surface area (Å²) in [5.41, 5.74) is 1.77. The first-order valence-electron chi connectivity index (χ1n) is 6.42. The number of hydrogen-bond donors (Lipinski definition) is 2. The first kappa shape index (κ1) is 16.8. The van der Waals surface area contributed by atoms with Gasteiger partial charge in [0.2, 0.25) is 5.91 Å². The Morgan fingerprint density at radius 3 is 2.85 bits per heavy atom. The number of methoxy groups -OCH3 is 1. The zero-order valence-corrected chi connectivity index (χ0v) is 12.8. The first-order chi connectivity index (χ1) is 9.11. The molecule has 1 aliphatic rings. The van der Waals surface area contributed by atoms with E-state index in [0.29, 0.717) is 13.2 Å². The van der Waals surface area contributed by atoms with Crippen LogP contribution in [0.15, 0.2) is 18.2 Å². The number of halogens is 1. The average molecular weight is 301 g/mol.